The summed E-state index contributed by atoms with van der Waals surface area (Å²) < 4.78 is 0. The molecule has 0 unspecified atom stereocenters. The van der Waals surface area contributed by atoms with Gasteiger partial charge in [-0.15, -0.1) is 11.8 Å². The number of carbonyl (C=O) groups excluding carboxylic acids is 2. The summed E-state index contributed by atoms with van der Waals surface area (Å²) >= 11 is 1.63. The van der Waals surface area contributed by atoms with Crippen molar-refractivity contribution in [2.75, 3.05) is 16.0 Å². The summed E-state index contributed by atoms with van der Waals surface area (Å²) in [5.41, 5.74) is 3.89. The molecule has 1 fully saturated rings. The van der Waals surface area contributed by atoms with Crippen LogP contribution < -0.4 is 10.2 Å². The zero-order valence-corrected chi connectivity index (χ0v) is 17.1. The highest BCUT2D eigenvalue weighted by Gasteiger charge is 2.33. The molecule has 2 aromatic carbocycles. The van der Waals surface area contributed by atoms with E-state index in [4.69, 9.17) is 0 Å². The summed E-state index contributed by atoms with van der Waals surface area (Å²) in [5, 5.41) is 2.91. The predicted octanol–water partition coefficient (Wildman–Crippen LogP) is 5.15. The van der Waals surface area contributed by atoms with E-state index >= 15 is 0 Å². The minimum absolute atomic E-state index is 0.0157. The standard InChI is InChI=1S/C22H26N2O2S/c1-15-5-11-18(12-6-15)24-20(26)14-27-21(24)16-7-9-17(10-8-16)23-19(25)13-22(2,3)4/h5-12,21H,13-14H2,1-4H3,(H,23,25)/t21-/m1/s1. The Kier molecular flexibility index (Phi) is 5.61. The van der Waals surface area contributed by atoms with Crippen LogP contribution in [0.5, 0.6) is 0 Å². The second kappa shape index (κ2) is 7.77. The summed E-state index contributed by atoms with van der Waals surface area (Å²) in [6.45, 7) is 8.17. The molecule has 3 rings (SSSR count). The molecule has 4 nitrogen and oxygen atoms in total. The molecule has 1 atom stereocenters. The second-order valence-corrected chi connectivity index (χ2v) is 9.24. The first-order valence-corrected chi connectivity index (χ1v) is 10.2. The minimum atomic E-state index is -0.0422. The van der Waals surface area contributed by atoms with Crippen molar-refractivity contribution in [3.05, 3.63) is 59.7 Å². The third-order valence-corrected chi connectivity index (χ3v) is 5.56. The molecular formula is C22H26N2O2S. The Balaban J connectivity index is 1.74. The first-order valence-electron chi connectivity index (χ1n) is 9.13. The highest BCUT2D eigenvalue weighted by Crippen LogP contribution is 2.42. The lowest BCUT2D eigenvalue weighted by Gasteiger charge is -2.24. The highest BCUT2D eigenvalue weighted by atomic mass is 32.2. The molecule has 0 radical (unpaired) electrons. The van der Waals surface area contributed by atoms with Crippen LogP contribution in [0.15, 0.2) is 48.5 Å². The van der Waals surface area contributed by atoms with Crippen molar-refractivity contribution in [3.63, 3.8) is 0 Å². The number of rotatable bonds is 4. The molecule has 0 aliphatic carbocycles. The van der Waals surface area contributed by atoms with Crippen molar-refractivity contribution in [2.24, 2.45) is 5.41 Å². The Morgan fingerprint density at radius 1 is 1.11 bits per heavy atom. The predicted molar refractivity (Wildman–Crippen MR) is 113 cm³/mol. The molecule has 0 spiro atoms. The van der Waals surface area contributed by atoms with Gasteiger partial charge in [-0.2, -0.15) is 0 Å². The smallest absolute Gasteiger partial charge is 0.238 e. The van der Waals surface area contributed by atoms with Crippen LogP contribution in [-0.2, 0) is 9.59 Å². The maximum Gasteiger partial charge on any atom is 0.238 e. The Bertz CT molecular complexity index is 823. The molecule has 0 bridgehead atoms. The van der Waals surface area contributed by atoms with E-state index in [1.165, 1.54) is 5.56 Å². The van der Waals surface area contributed by atoms with Crippen LogP contribution in [0.25, 0.3) is 0 Å². The number of anilines is 2. The van der Waals surface area contributed by atoms with Crippen molar-refractivity contribution < 1.29 is 9.59 Å². The molecular weight excluding hydrogens is 356 g/mol. The molecule has 1 heterocycles. The molecule has 0 saturated carbocycles. The quantitative estimate of drug-likeness (QED) is 0.796. The Hall–Kier alpha value is -2.27. The number of aryl methyl sites for hydroxylation is 1. The Morgan fingerprint density at radius 2 is 1.74 bits per heavy atom. The zero-order valence-electron chi connectivity index (χ0n) is 16.3. The van der Waals surface area contributed by atoms with Gasteiger partial charge >= 0.3 is 0 Å². The van der Waals surface area contributed by atoms with E-state index in [0.717, 1.165) is 16.9 Å². The van der Waals surface area contributed by atoms with Crippen LogP contribution in [-0.4, -0.2) is 17.6 Å². The van der Waals surface area contributed by atoms with Gasteiger partial charge in [0.15, 0.2) is 0 Å². The topological polar surface area (TPSA) is 49.4 Å². The lowest BCUT2D eigenvalue weighted by atomic mass is 9.92. The van der Waals surface area contributed by atoms with Crippen molar-refractivity contribution in [3.8, 4) is 0 Å². The van der Waals surface area contributed by atoms with Crippen molar-refractivity contribution >= 4 is 35.0 Å². The second-order valence-electron chi connectivity index (χ2n) is 8.17. The van der Waals surface area contributed by atoms with E-state index in [0.29, 0.717) is 12.2 Å². The number of hydrogen-bond acceptors (Lipinski definition) is 3. The average Bonchev–Trinajstić information content (AvgIpc) is 2.96. The number of hydrogen-bond donors (Lipinski definition) is 1. The van der Waals surface area contributed by atoms with Crippen LogP contribution in [0, 0.1) is 12.3 Å². The maximum atomic E-state index is 12.4. The summed E-state index contributed by atoms with van der Waals surface area (Å²) in [7, 11) is 0. The minimum Gasteiger partial charge on any atom is -0.326 e. The van der Waals surface area contributed by atoms with Crippen LogP contribution in [0.1, 0.15) is 43.7 Å². The van der Waals surface area contributed by atoms with E-state index in [-0.39, 0.29) is 22.6 Å². The van der Waals surface area contributed by atoms with Crippen molar-refractivity contribution in [1.82, 2.24) is 0 Å². The van der Waals surface area contributed by atoms with Gasteiger partial charge in [-0.05, 0) is 42.2 Å². The van der Waals surface area contributed by atoms with E-state index in [9.17, 15) is 9.59 Å². The third-order valence-electron chi connectivity index (χ3n) is 4.35. The van der Waals surface area contributed by atoms with Crippen molar-refractivity contribution in [2.45, 2.75) is 39.5 Å². The Morgan fingerprint density at radius 3 is 2.33 bits per heavy atom. The first kappa shape index (κ1) is 19.5. The number of nitrogens with one attached hydrogen (secondary N) is 1. The Labute approximate surface area is 165 Å². The van der Waals surface area contributed by atoms with Crippen LogP contribution in [0.4, 0.5) is 11.4 Å². The van der Waals surface area contributed by atoms with E-state index < -0.39 is 0 Å². The van der Waals surface area contributed by atoms with Crippen LogP contribution >= 0.6 is 11.8 Å². The number of thioether (sulfide) groups is 1. The molecule has 1 aliphatic rings. The number of carbonyl (C=O) groups is 2. The van der Waals surface area contributed by atoms with Gasteiger partial charge in [-0.25, -0.2) is 0 Å². The van der Waals surface area contributed by atoms with Gasteiger partial charge in [0.05, 0.1) is 5.75 Å². The molecule has 1 saturated heterocycles. The highest BCUT2D eigenvalue weighted by molar-refractivity contribution is 8.00. The van der Waals surface area contributed by atoms with E-state index in [2.05, 4.69) is 5.32 Å². The largest absolute Gasteiger partial charge is 0.326 e. The lowest BCUT2D eigenvalue weighted by Crippen LogP contribution is -2.27. The molecule has 5 heteroatoms. The van der Waals surface area contributed by atoms with Crippen LogP contribution in [0.2, 0.25) is 0 Å². The van der Waals surface area contributed by atoms with Gasteiger partial charge in [0.25, 0.3) is 0 Å². The first-order chi connectivity index (χ1) is 12.7. The molecule has 2 amide bonds. The molecule has 2 aromatic rings. The summed E-state index contributed by atoms with van der Waals surface area (Å²) in [5.74, 6) is 0.612. The monoisotopic (exact) mass is 382 g/mol. The molecule has 1 aliphatic heterocycles. The van der Waals surface area contributed by atoms with Crippen molar-refractivity contribution in [1.29, 1.82) is 0 Å². The van der Waals surface area contributed by atoms with E-state index in [1.54, 1.807) is 11.8 Å². The molecule has 0 aromatic heterocycles. The molecule has 27 heavy (non-hydrogen) atoms. The summed E-state index contributed by atoms with van der Waals surface area (Å²) in [6, 6.07) is 15.8. The van der Waals surface area contributed by atoms with Gasteiger partial charge in [-0.1, -0.05) is 50.6 Å². The number of benzene rings is 2. The fourth-order valence-electron chi connectivity index (χ4n) is 3.07. The fourth-order valence-corrected chi connectivity index (χ4v) is 4.25. The third kappa shape index (κ3) is 4.92. The van der Waals surface area contributed by atoms with Gasteiger partial charge in [0, 0.05) is 17.8 Å². The van der Waals surface area contributed by atoms with Gasteiger partial charge in [0.1, 0.15) is 5.37 Å². The van der Waals surface area contributed by atoms with Gasteiger partial charge in [0.2, 0.25) is 11.8 Å². The summed E-state index contributed by atoms with van der Waals surface area (Å²) in [4.78, 5) is 26.4. The SMILES string of the molecule is Cc1ccc(N2C(=O)CS[C@@H]2c2ccc(NC(=O)CC(C)(C)C)cc2)cc1. The summed E-state index contributed by atoms with van der Waals surface area (Å²) in [6.07, 6.45) is 0.475. The zero-order chi connectivity index (χ0) is 19.6. The maximum absolute atomic E-state index is 12.4. The number of amides is 2. The normalized spacial score (nSPS) is 17.3. The van der Waals surface area contributed by atoms with E-state index in [1.807, 2.05) is 81.1 Å². The lowest BCUT2D eigenvalue weighted by molar-refractivity contribution is -0.118. The molecule has 142 valence electrons. The number of nitrogens with zero attached hydrogens (tertiary/aromatic N) is 1. The van der Waals surface area contributed by atoms with Crippen LogP contribution in [0.3, 0.4) is 0 Å². The van der Waals surface area contributed by atoms with Gasteiger partial charge in [-0.3, -0.25) is 14.5 Å². The average molecular weight is 383 g/mol. The molecule has 1 N–H and O–H groups in total. The fraction of sp³-hybridized carbons (Fsp3) is 0.364. The van der Waals surface area contributed by atoms with Gasteiger partial charge < -0.3 is 5.32 Å².